The van der Waals surface area contributed by atoms with E-state index < -0.39 is 0 Å². The zero-order valence-corrected chi connectivity index (χ0v) is 11.9. The summed E-state index contributed by atoms with van der Waals surface area (Å²) in [6.45, 7) is 3.01. The van der Waals surface area contributed by atoms with Gasteiger partial charge >= 0.3 is 0 Å². The Morgan fingerprint density at radius 2 is 2.10 bits per heavy atom. The standard InChI is InChI=1S/C14H15N5S/c1-2-5-16-13-7-15-8-14(19-13)18-10-3-4-11-12(6-10)20-9-17-11/h3-4,6-9H,2,5H2,1H3,(H2,16,18,19). The Morgan fingerprint density at radius 3 is 3.00 bits per heavy atom. The van der Waals surface area contributed by atoms with E-state index in [2.05, 4.69) is 38.6 Å². The molecule has 0 saturated carbocycles. The number of fused-ring (bicyclic) bond motifs is 1. The Morgan fingerprint density at radius 1 is 1.20 bits per heavy atom. The van der Waals surface area contributed by atoms with Crippen LogP contribution in [0.25, 0.3) is 10.2 Å². The van der Waals surface area contributed by atoms with Gasteiger partial charge in [-0.2, -0.15) is 0 Å². The number of rotatable bonds is 5. The van der Waals surface area contributed by atoms with E-state index in [1.807, 2.05) is 17.6 Å². The molecule has 0 aliphatic carbocycles. The van der Waals surface area contributed by atoms with Gasteiger partial charge in [0.05, 0.1) is 28.1 Å². The summed E-state index contributed by atoms with van der Waals surface area (Å²) in [6, 6.07) is 6.07. The minimum Gasteiger partial charge on any atom is -0.369 e. The zero-order valence-electron chi connectivity index (χ0n) is 11.1. The van der Waals surface area contributed by atoms with Gasteiger partial charge in [0.2, 0.25) is 0 Å². The molecule has 0 amide bonds. The van der Waals surface area contributed by atoms with Crippen LogP contribution in [0.3, 0.4) is 0 Å². The lowest BCUT2D eigenvalue weighted by atomic mass is 10.3. The van der Waals surface area contributed by atoms with Gasteiger partial charge in [0.15, 0.2) is 5.82 Å². The molecule has 0 aliphatic heterocycles. The third kappa shape index (κ3) is 2.85. The molecule has 102 valence electrons. The van der Waals surface area contributed by atoms with Gasteiger partial charge in [-0.1, -0.05) is 6.92 Å². The molecule has 20 heavy (non-hydrogen) atoms. The number of thiazole rings is 1. The monoisotopic (exact) mass is 285 g/mol. The van der Waals surface area contributed by atoms with E-state index in [0.717, 1.165) is 40.5 Å². The lowest BCUT2D eigenvalue weighted by Gasteiger charge is -2.08. The number of nitrogens with zero attached hydrogens (tertiary/aromatic N) is 3. The molecule has 2 N–H and O–H groups in total. The van der Waals surface area contributed by atoms with Crippen LogP contribution in [0.15, 0.2) is 36.1 Å². The van der Waals surface area contributed by atoms with Crippen LogP contribution in [-0.4, -0.2) is 21.5 Å². The Kier molecular flexibility index (Phi) is 3.73. The summed E-state index contributed by atoms with van der Waals surface area (Å²) < 4.78 is 1.16. The summed E-state index contributed by atoms with van der Waals surface area (Å²) in [6.07, 6.45) is 4.50. The van der Waals surface area contributed by atoms with Gasteiger partial charge in [0.25, 0.3) is 0 Å². The molecule has 0 aliphatic rings. The molecule has 1 aromatic carbocycles. The fraction of sp³-hybridized carbons (Fsp3) is 0.214. The number of hydrogen-bond donors (Lipinski definition) is 2. The molecule has 6 heteroatoms. The second-order valence-electron chi connectivity index (χ2n) is 4.38. The van der Waals surface area contributed by atoms with Gasteiger partial charge in [0.1, 0.15) is 5.82 Å². The maximum absolute atomic E-state index is 4.48. The van der Waals surface area contributed by atoms with Crippen LogP contribution in [0.4, 0.5) is 17.3 Å². The van der Waals surface area contributed by atoms with Gasteiger partial charge in [0, 0.05) is 12.2 Å². The Labute approximate surface area is 121 Å². The van der Waals surface area contributed by atoms with Crippen LogP contribution in [-0.2, 0) is 0 Å². The molecule has 2 aromatic heterocycles. The Balaban J connectivity index is 1.79. The van der Waals surface area contributed by atoms with Crippen molar-refractivity contribution < 1.29 is 0 Å². The van der Waals surface area contributed by atoms with Crippen molar-refractivity contribution in [2.24, 2.45) is 0 Å². The lowest BCUT2D eigenvalue weighted by Crippen LogP contribution is -2.04. The van der Waals surface area contributed by atoms with Crippen LogP contribution < -0.4 is 10.6 Å². The maximum Gasteiger partial charge on any atom is 0.151 e. The second kappa shape index (κ2) is 5.83. The zero-order chi connectivity index (χ0) is 13.8. The van der Waals surface area contributed by atoms with Gasteiger partial charge < -0.3 is 10.6 Å². The highest BCUT2D eigenvalue weighted by atomic mass is 32.1. The van der Waals surface area contributed by atoms with E-state index in [0.29, 0.717) is 0 Å². The fourth-order valence-electron chi connectivity index (χ4n) is 1.85. The van der Waals surface area contributed by atoms with Crippen molar-refractivity contribution in [1.29, 1.82) is 0 Å². The van der Waals surface area contributed by atoms with E-state index in [1.165, 1.54) is 0 Å². The molecular weight excluding hydrogens is 270 g/mol. The molecule has 0 bridgehead atoms. The summed E-state index contributed by atoms with van der Waals surface area (Å²) in [5.41, 5.74) is 3.86. The van der Waals surface area contributed by atoms with E-state index in [4.69, 9.17) is 0 Å². The molecule has 0 fully saturated rings. The molecule has 0 radical (unpaired) electrons. The number of anilines is 3. The van der Waals surface area contributed by atoms with Crippen LogP contribution in [0.1, 0.15) is 13.3 Å². The molecular formula is C14H15N5S. The van der Waals surface area contributed by atoms with Gasteiger partial charge in [-0.3, -0.25) is 4.98 Å². The predicted molar refractivity (Wildman–Crippen MR) is 83.7 cm³/mol. The number of benzene rings is 1. The SMILES string of the molecule is CCCNc1cncc(Nc2ccc3ncsc3c2)n1. The van der Waals surface area contributed by atoms with Crippen LogP contribution in [0, 0.1) is 0 Å². The molecule has 0 spiro atoms. The largest absolute Gasteiger partial charge is 0.369 e. The molecule has 0 atom stereocenters. The highest BCUT2D eigenvalue weighted by molar-refractivity contribution is 7.16. The molecule has 2 heterocycles. The van der Waals surface area contributed by atoms with Gasteiger partial charge in [-0.25, -0.2) is 9.97 Å². The van der Waals surface area contributed by atoms with Gasteiger partial charge in [-0.15, -0.1) is 11.3 Å². The number of hydrogen-bond acceptors (Lipinski definition) is 6. The van der Waals surface area contributed by atoms with Crippen molar-refractivity contribution in [3.05, 3.63) is 36.1 Å². The van der Waals surface area contributed by atoms with E-state index in [1.54, 1.807) is 23.7 Å². The predicted octanol–water partition coefficient (Wildman–Crippen LogP) is 3.65. The van der Waals surface area contributed by atoms with Crippen molar-refractivity contribution in [3.8, 4) is 0 Å². The minimum absolute atomic E-state index is 0.731. The molecule has 5 nitrogen and oxygen atoms in total. The summed E-state index contributed by atoms with van der Waals surface area (Å²) in [7, 11) is 0. The molecule has 3 aromatic rings. The van der Waals surface area contributed by atoms with Crippen LogP contribution >= 0.6 is 11.3 Å². The summed E-state index contributed by atoms with van der Waals surface area (Å²) in [4.78, 5) is 12.9. The van der Waals surface area contributed by atoms with Crippen LogP contribution in [0.2, 0.25) is 0 Å². The lowest BCUT2D eigenvalue weighted by molar-refractivity contribution is 0.965. The molecule has 0 saturated heterocycles. The van der Waals surface area contributed by atoms with Crippen LogP contribution in [0.5, 0.6) is 0 Å². The third-order valence-electron chi connectivity index (χ3n) is 2.79. The normalized spacial score (nSPS) is 10.7. The van der Waals surface area contributed by atoms with E-state index >= 15 is 0 Å². The first-order chi connectivity index (χ1) is 9.85. The minimum atomic E-state index is 0.731. The smallest absolute Gasteiger partial charge is 0.151 e. The summed E-state index contributed by atoms with van der Waals surface area (Å²) >= 11 is 1.63. The van der Waals surface area contributed by atoms with Gasteiger partial charge in [-0.05, 0) is 24.6 Å². The third-order valence-corrected chi connectivity index (χ3v) is 3.59. The Hall–Kier alpha value is -2.21. The first-order valence-electron chi connectivity index (χ1n) is 6.51. The van der Waals surface area contributed by atoms with E-state index in [-0.39, 0.29) is 0 Å². The van der Waals surface area contributed by atoms with Crippen molar-refractivity contribution in [2.45, 2.75) is 13.3 Å². The first-order valence-corrected chi connectivity index (χ1v) is 7.39. The highest BCUT2D eigenvalue weighted by Crippen LogP contribution is 2.23. The average Bonchev–Trinajstić information content (AvgIpc) is 2.93. The first kappa shape index (κ1) is 12.8. The molecule has 0 unspecified atom stereocenters. The maximum atomic E-state index is 4.48. The van der Waals surface area contributed by atoms with E-state index in [9.17, 15) is 0 Å². The summed E-state index contributed by atoms with van der Waals surface area (Å²) in [5.74, 6) is 1.52. The topological polar surface area (TPSA) is 62.7 Å². The molecule has 3 rings (SSSR count). The average molecular weight is 285 g/mol. The van der Waals surface area contributed by atoms with Crippen molar-refractivity contribution in [1.82, 2.24) is 15.0 Å². The fourth-order valence-corrected chi connectivity index (χ4v) is 2.56. The van der Waals surface area contributed by atoms with Crippen molar-refractivity contribution in [3.63, 3.8) is 0 Å². The Bertz CT molecular complexity index is 709. The highest BCUT2D eigenvalue weighted by Gasteiger charge is 2.02. The quantitative estimate of drug-likeness (QED) is 0.749. The van der Waals surface area contributed by atoms with Crippen molar-refractivity contribution in [2.75, 3.05) is 17.2 Å². The van der Waals surface area contributed by atoms with Crippen molar-refractivity contribution >= 4 is 38.9 Å². The number of nitrogens with one attached hydrogen (secondary N) is 2. The number of aromatic nitrogens is 3. The second-order valence-corrected chi connectivity index (χ2v) is 5.26. The summed E-state index contributed by atoms with van der Waals surface area (Å²) in [5, 5.41) is 6.49.